The molecule has 0 N–H and O–H groups in total. The Morgan fingerprint density at radius 3 is 1.56 bits per heavy atom. The minimum atomic E-state index is -0.490. The third-order valence-corrected chi connectivity index (χ3v) is 14.2. The maximum absolute atomic E-state index is 2.55. The molecule has 1 aliphatic carbocycles. The second kappa shape index (κ2) is 15.3. The molecular weight excluding hydrogens is 779 g/mol. The number of hydrogen-bond acceptors (Lipinski definition) is 2. The lowest BCUT2D eigenvalue weighted by molar-refractivity contribution is 0.768. The molecule has 0 spiro atoms. The summed E-state index contributed by atoms with van der Waals surface area (Å²) in [4.78, 5) is 2.55. The summed E-state index contributed by atoms with van der Waals surface area (Å²) in [7, 11) is 0. The molecular formula is C61H41NS. The van der Waals surface area contributed by atoms with E-state index in [1.165, 1.54) is 86.9 Å². The molecule has 0 atom stereocenters. The predicted molar refractivity (Wildman–Crippen MR) is 268 cm³/mol. The van der Waals surface area contributed by atoms with Gasteiger partial charge in [0.25, 0.3) is 0 Å². The Morgan fingerprint density at radius 2 is 0.841 bits per heavy atom. The van der Waals surface area contributed by atoms with E-state index < -0.39 is 5.41 Å². The molecule has 0 bridgehead atoms. The van der Waals surface area contributed by atoms with Gasteiger partial charge in [0.1, 0.15) is 0 Å². The molecule has 11 aromatic rings. The second-order valence-corrected chi connectivity index (χ2v) is 17.4. The van der Waals surface area contributed by atoms with Gasteiger partial charge in [-0.2, -0.15) is 0 Å². The van der Waals surface area contributed by atoms with E-state index in [-0.39, 0.29) is 0 Å². The van der Waals surface area contributed by atoms with Gasteiger partial charge in [0, 0.05) is 26.7 Å². The highest BCUT2D eigenvalue weighted by Crippen LogP contribution is 2.58. The summed E-state index contributed by atoms with van der Waals surface area (Å²) in [5, 5.41) is 2.55. The largest absolute Gasteiger partial charge is 0.308 e. The van der Waals surface area contributed by atoms with E-state index in [4.69, 9.17) is 0 Å². The van der Waals surface area contributed by atoms with E-state index in [1.54, 1.807) is 0 Å². The molecule has 1 aromatic heterocycles. The van der Waals surface area contributed by atoms with Gasteiger partial charge in [-0.1, -0.05) is 218 Å². The highest BCUT2D eigenvalue weighted by molar-refractivity contribution is 7.26. The molecule has 0 fully saturated rings. The van der Waals surface area contributed by atoms with Crippen LogP contribution in [0.4, 0.5) is 17.1 Å². The molecule has 0 aliphatic heterocycles. The van der Waals surface area contributed by atoms with E-state index in [0.717, 1.165) is 17.1 Å². The Hall–Kier alpha value is -7.78. The van der Waals surface area contributed by atoms with Crippen LogP contribution in [0.5, 0.6) is 0 Å². The normalized spacial score (nSPS) is 12.6. The minimum Gasteiger partial charge on any atom is -0.308 e. The van der Waals surface area contributed by atoms with Crippen LogP contribution in [0.2, 0.25) is 0 Å². The molecule has 1 nitrogen and oxygen atoms in total. The summed E-state index contributed by atoms with van der Waals surface area (Å²) in [5.41, 5.74) is 17.6. The van der Waals surface area contributed by atoms with Crippen molar-refractivity contribution in [3.05, 3.63) is 271 Å². The Bertz CT molecular complexity index is 3400. The zero-order valence-corrected chi connectivity index (χ0v) is 35.3. The van der Waals surface area contributed by atoms with Crippen LogP contribution < -0.4 is 4.90 Å². The van der Waals surface area contributed by atoms with Crippen LogP contribution in [0.1, 0.15) is 22.3 Å². The van der Waals surface area contributed by atoms with Gasteiger partial charge in [0.2, 0.25) is 0 Å². The summed E-state index contributed by atoms with van der Waals surface area (Å²) < 4.78 is 2.54. The summed E-state index contributed by atoms with van der Waals surface area (Å²) in [6.45, 7) is 0. The molecule has 0 saturated carbocycles. The van der Waals surface area contributed by atoms with E-state index in [9.17, 15) is 0 Å². The van der Waals surface area contributed by atoms with Gasteiger partial charge < -0.3 is 4.90 Å². The summed E-state index contributed by atoms with van der Waals surface area (Å²) >= 11 is 1.87. The highest BCUT2D eigenvalue weighted by atomic mass is 32.1. The second-order valence-electron chi connectivity index (χ2n) is 16.3. The van der Waals surface area contributed by atoms with E-state index in [1.807, 2.05) is 11.3 Å². The molecule has 1 heterocycles. The Balaban J connectivity index is 1.19. The molecule has 0 unspecified atom stereocenters. The summed E-state index contributed by atoms with van der Waals surface area (Å²) in [6, 6.07) is 91.6. The number of hydrogen-bond donors (Lipinski definition) is 0. The molecule has 0 amide bonds. The van der Waals surface area contributed by atoms with Gasteiger partial charge >= 0.3 is 0 Å². The third kappa shape index (κ3) is 5.91. The molecule has 296 valence electrons. The van der Waals surface area contributed by atoms with Crippen LogP contribution in [0.15, 0.2) is 249 Å². The van der Waals surface area contributed by atoms with Crippen LogP contribution in [0.25, 0.3) is 64.7 Å². The molecule has 10 aromatic carbocycles. The Labute approximate surface area is 372 Å². The first-order valence-corrected chi connectivity index (χ1v) is 22.5. The Kier molecular flexibility index (Phi) is 8.98. The molecule has 0 radical (unpaired) electrons. The van der Waals surface area contributed by atoms with E-state index in [0.29, 0.717) is 0 Å². The predicted octanol–water partition coefficient (Wildman–Crippen LogP) is 16.9. The summed E-state index contributed by atoms with van der Waals surface area (Å²) in [5.74, 6) is 0. The monoisotopic (exact) mass is 819 g/mol. The highest BCUT2D eigenvalue weighted by Gasteiger charge is 2.46. The van der Waals surface area contributed by atoms with Gasteiger partial charge in [0.15, 0.2) is 0 Å². The topological polar surface area (TPSA) is 3.24 Å². The number of fused-ring (bicyclic) bond motifs is 6. The zero-order chi connectivity index (χ0) is 41.7. The fourth-order valence-corrected chi connectivity index (χ4v) is 11.5. The quantitative estimate of drug-likeness (QED) is 0.148. The van der Waals surface area contributed by atoms with Crippen molar-refractivity contribution in [3.8, 4) is 44.5 Å². The molecule has 63 heavy (non-hydrogen) atoms. The number of rotatable bonds is 8. The standard InChI is InChI=1S/C61H41NS/c1-5-21-42(22-6-1)47-29-13-14-32-51(47)59-48(43-23-7-2-8-24-43)33-19-36-56(59)62(57-37-20-34-52-50-31-16-18-38-58(50)63-60(52)57)46-39-40-55-53(41-46)49-30-15-17-35-54(49)61(55,44-25-9-3-10-26-44)45-27-11-4-12-28-45/h1-41H. The van der Waals surface area contributed by atoms with E-state index in [2.05, 4.69) is 254 Å². The van der Waals surface area contributed by atoms with Gasteiger partial charge in [-0.05, 0) is 91.5 Å². The van der Waals surface area contributed by atoms with Crippen molar-refractivity contribution in [1.29, 1.82) is 0 Å². The maximum atomic E-state index is 2.55. The average molecular weight is 820 g/mol. The van der Waals surface area contributed by atoms with Gasteiger partial charge in [-0.25, -0.2) is 0 Å². The van der Waals surface area contributed by atoms with Crippen LogP contribution in [-0.4, -0.2) is 0 Å². The fourth-order valence-electron chi connectivity index (χ4n) is 10.3. The van der Waals surface area contributed by atoms with Gasteiger partial charge in [-0.15, -0.1) is 11.3 Å². The van der Waals surface area contributed by atoms with Crippen molar-refractivity contribution in [2.24, 2.45) is 0 Å². The lowest BCUT2D eigenvalue weighted by Gasteiger charge is -2.34. The van der Waals surface area contributed by atoms with Crippen LogP contribution in [0.3, 0.4) is 0 Å². The SMILES string of the molecule is c1ccc(-c2ccccc2-c2c(-c3ccccc3)cccc2N(c2ccc3c(c2)-c2ccccc2C3(c2ccccc2)c2ccccc2)c2cccc3c2sc2ccccc23)cc1. The first kappa shape index (κ1) is 37.0. The van der Waals surface area contributed by atoms with Crippen molar-refractivity contribution < 1.29 is 0 Å². The fraction of sp³-hybridized carbons (Fsp3) is 0.0164. The number of benzene rings is 10. The smallest absolute Gasteiger partial charge is 0.0713 e. The van der Waals surface area contributed by atoms with Crippen molar-refractivity contribution in [2.75, 3.05) is 4.90 Å². The first-order chi connectivity index (χ1) is 31.3. The van der Waals surface area contributed by atoms with Gasteiger partial charge in [-0.3, -0.25) is 0 Å². The molecule has 2 heteroatoms. The summed E-state index contributed by atoms with van der Waals surface area (Å²) in [6.07, 6.45) is 0. The number of nitrogens with zero attached hydrogens (tertiary/aromatic N) is 1. The average Bonchev–Trinajstić information content (AvgIpc) is 3.89. The number of anilines is 3. The van der Waals surface area contributed by atoms with Crippen molar-refractivity contribution in [1.82, 2.24) is 0 Å². The number of thiophene rings is 1. The van der Waals surface area contributed by atoms with Crippen LogP contribution in [-0.2, 0) is 5.41 Å². The maximum Gasteiger partial charge on any atom is 0.0713 e. The Morgan fingerprint density at radius 1 is 0.333 bits per heavy atom. The third-order valence-electron chi connectivity index (χ3n) is 13.0. The molecule has 0 saturated heterocycles. The van der Waals surface area contributed by atoms with Crippen molar-refractivity contribution >= 4 is 48.6 Å². The van der Waals surface area contributed by atoms with Crippen LogP contribution >= 0.6 is 11.3 Å². The van der Waals surface area contributed by atoms with Crippen molar-refractivity contribution in [3.63, 3.8) is 0 Å². The minimum absolute atomic E-state index is 0.490. The molecule has 1 aliphatic rings. The zero-order valence-electron chi connectivity index (χ0n) is 34.5. The van der Waals surface area contributed by atoms with Crippen LogP contribution in [0, 0.1) is 0 Å². The lowest BCUT2D eigenvalue weighted by Crippen LogP contribution is -2.28. The van der Waals surface area contributed by atoms with E-state index >= 15 is 0 Å². The lowest BCUT2D eigenvalue weighted by atomic mass is 9.68. The molecule has 12 rings (SSSR count). The van der Waals surface area contributed by atoms with Gasteiger partial charge in [0.05, 0.1) is 21.5 Å². The van der Waals surface area contributed by atoms with Crippen molar-refractivity contribution in [2.45, 2.75) is 5.41 Å². The first-order valence-electron chi connectivity index (χ1n) is 21.7.